The van der Waals surface area contributed by atoms with Crippen molar-refractivity contribution < 1.29 is 18.6 Å². The molecule has 0 radical (unpaired) electrons. The lowest BCUT2D eigenvalue weighted by Crippen LogP contribution is -2.57. The lowest BCUT2D eigenvalue weighted by molar-refractivity contribution is 0.0991. The Balaban J connectivity index is 1.37. The summed E-state index contributed by atoms with van der Waals surface area (Å²) in [6.07, 6.45) is 6.47. The highest BCUT2D eigenvalue weighted by molar-refractivity contribution is 8.23. The van der Waals surface area contributed by atoms with Crippen LogP contribution in [0.5, 0.6) is 5.75 Å². The van der Waals surface area contributed by atoms with Crippen molar-refractivity contribution in [2.75, 3.05) is 24.4 Å². The molecular weight excluding hydrogens is 443 g/mol. The number of likely N-dealkylation sites (tertiary alicyclic amines) is 1. The van der Waals surface area contributed by atoms with Crippen molar-refractivity contribution in [2.24, 2.45) is 0 Å². The SMILES string of the molecule is C[C@H]1C[C@]2(CCN1Cc1cc(C3CCC3)c(O)cn1)CN(C)S(O)(O)N2c1cccc(F)c1. The Labute approximate surface area is 196 Å². The zero-order valence-corrected chi connectivity index (χ0v) is 20.0. The fourth-order valence-corrected chi connectivity index (χ4v) is 7.58. The molecule has 1 spiro atoms. The van der Waals surface area contributed by atoms with E-state index in [-0.39, 0.29) is 6.04 Å². The minimum atomic E-state index is -3.22. The normalized spacial score (nSPS) is 29.4. The Hall–Kier alpha value is -1.91. The van der Waals surface area contributed by atoms with Gasteiger partial charge < -0.3 is 5.11 Å². The van der Waals surface area contributed by atoms with Crippen molar-refractivity contribution in [1.82, 2.24) is 14.2 Å². The van der Waals surface area contributed by atoms with E-state index in [9.17, 15) is 18.6 Å². The number of rotatable bonds is 4. The Morgan fingerprint density at radius 2 is 2.03 bits per heavy atom. The van der Waals surface area contributed by atoms with Gasteiger partial charge in [-0.3, -0.25) is 23.3 Å². The van der Waals surface area contributed by atoms with Gasteiger partial charge in [-0.15, -0.1) is 0 Å². The third-order valence-electron chi connectivity index (χ3n) is 7.70. The summed E-state index contributed by atoms with van der Waals surface area (Å²) in [7, 11) is -1.50. The van der Waals surface area contributed by atoms with Crippen LogP contribution in [-0.4, -0.2) is 60.1 Å². The fraction of sp³-hybridized carbons (Fsp3) is 0.542. The highest BCUT2D eigenvalue weighted by Gasteiger charge is 2.55. The number of nitrogens with zero attached hydrogens (tertiary/aromatic N) is 4. The summed E-state index contributed by atoms with van der Waals surface area (Å²) in [6.45, 7) is 4.11. The summed E-state index contributed by atoms with van der Waals surface area (Å²) < 4.78 is 39.4. The number of hydrogen-bond acceptors (Lipinski definition) is 7. The molecule has 1 aromatic carbocycles. The highest BCUT2D eigenvalue weighted by atomic mass is 32.3. The number of halogens is 1. The topological polar surface area (TPSA) is 83.3 Å². The predicted octanol–water partition coefficient (Wildman–Crippen LogP) is 4.95. The summed E-state index contributed by atoms with van der Waals surface area (Å²) >= 11 is 0. The average molecular weight is 477 g/mol. The summed E-state index contributed by atoms with van der Waals surface area (Å²) in [5.74, 6) is 0.338. The standard InChI is InChI=1S/C24H33FN4O3S/c1-17-13-24(16-27(2)33(31,32)29(24)21-8-4-7-19(25)11-21)9-10-28(17)15-20-12-22(18-5-3-6-18)23(30)14-26-20/h4,7-8,11-12,14,17-18,30-32H,3,5-6,9-10,13,15-16H2,1-2H3/t17-,24+/m0/s1. The van der Waals surface area contributed by atoms with Crippen LogP contribution in [0.2, 0.25) is 0 Å². The first kappa shape index (κ1) is 22.9. The van der Waals surface area contributed by atoms with Crippen molar-refractivity contribution in [3.05, 3.63) is 53.6 Å². The molecule has 0 amide bonds. The number of aromatic nitrogens is 1. The van der Waals surface area contributed by atoms with Crippen molar-refractivity contribution in [2.45, 2.75) is 63.1 Å². The molecule has 180 valence electrons. The van der Waals surface area contributed by atoms with Gasteiger partial charge in [0.25, 0.3) is 0 Å². The third kappa shape index (κ3) is 4.00. The molecule has 0 unspecified atom stereocenters. The Kier molecular flexibility index (Phi) is 5.81. The molecule has 0 bridgehead atoms. The first-order valence-corrected chi connectivity index (χ1v) is 13.1. The Morgan fingerprint density at radius 3 is 2.70 bits per heavy atom. The number of anilines is 1. The van der Waals surface area contributed by atoms with Crippen molar-refractivity contribution in [3.8, 4) is 5.75 Å². The Morgan fingerprint density at radius 1 is 1.24 bits per heavy atom. The Bertz CT molecular complexity index is 1040. The number of likely N-dealkylation sites (N-methyl/N-ethyl adjacent to an activating group) is 1. The summed E-state index contributed by atoms with van der Waals surface area (Å²) in [5, 5.41) is 10.2. The molecule has 3 heterocycles. The molecule has 9 heteroatoms. The summed E-state index contributed by atoms with van der Waals surface area (Å²) in [5.41, 5.74) is 1.98. The van der Waals surface area contributed by atoms with Crippen LogP contribution in [0.4, 0.5) is 10.1 Å². The number of hydrogen-bond donors (Lipinski definition) is 3. The number of benzene rings is 1. The van der Waals surface area contributed by atoms with Crippen LogP contribution < -0.4 is 4.31 Å². The smallest absolute Gasteiger partial charge is 0.137 e. The van der Waals surface area contributed by atoms with Gasteiger partial charge in [0.05, 0.1) is 23.1 Å². The lowest BCUT2D eigenvalue weighted by atomic mass is 9.79. The van der Waals surface area contributed by atoms with Gasteiger partial charge in [0.15, 0.2) is 0 Å². The van der Waals surface area contributed by atoms with Crippen LogP contribution in [0.3, 0.4) is 0 Å². The van der Waals surface area contributed by atoms with Crippen LogP contribution in [-0.2, 0) is 6.54 Å². The molecule has 3 fully saturated rings. The number of piperidine rings is 1. The molecule has 2 aliphatic heterocycles. The van der Waals surface area contributed by atoms with Crippen LogP contribution in [0.15, 0.2) is 36.5 Å². The van der Waals surface area contributed by atoms with E-state index in [2.05, 4.69) is 22.9 Å². The maximum atomic E-state index is 14.0. The van der Waals surface area contributed by atoms with Crippen LogP contribution in [0, 0.1) is 5.82 Å². The minimum Gasteiger partial charge on any atom is -0.506 e. The zero-order chi connectivity index (χ0) is 23.4. The van der Waals surface area contributed by atoms with E-state index in [4.69, 9.17) is 0 Å². The number of pyridine rings is 1. The van der Waals surface area contributed by atoms with Gasteiger partial charge in [-0.05, 0) is 62.8 Å². The van der Waals surface area contributed by atoms with Crippen molar-refractivity contribution in [1.29, 1.82) is 0 Å². The van der Waals surface area contributed by atoms with Gasteiger partial charge in [0.2, 0.25) is 0 Å². The van der Waals surface area contributed by atoms with E-state index in [1.165, 1.54) is 18.6 Å². The molecule has 2 atom stereocenters. The van der Waals surface area contributed by atoms with Gasteiger partial charge in [-0.25, -0.2) is 4.39 Å². The van der Waals surface area contributed by atoms with Crippen LogP contribution >= 0.6 is 11.0 Å². The molecule has 1 saturated carbocycles. The molecule has 1 aliphatic carbocycles. The first-order valence-electron chi connectivity index (χ1n) is 11.7. The summed E-state index contributed by atoms with van der Waals surface area (Å²) in [4.78, 5) is 6.84. The lowest BCUT2D eigenvalue weighted by Gasteiger charge is -2.51. The second-order valence-corrected chi connectivity index (χ2v) is 11.9. The molecule has 2 saturated heterocycles. The van der Waals surface area contributed by atoms with E-state index in [0.29, 0.717) is 30.4 Å². The first-order chi connectivity index (χ1) is 15.7. The van der Waals surface area contributed by atoms with E-state index < -0.39 is 22.3 Å². The van der Waals surface area contributed by atoms with E-state index in [1.54, 1.807) is 34.0 Å². The van der Waals surface area contributed by atoms with Gasteiger partial charge in [0.1, 0.15) is 11.6 Å². The minimum absolute atomic E-state index is 0.166. The van der Waals surface area contributed by atoms with Gasteiger partial charge in [0, 0.05) is 38.3 Å². The van der Waals surface area contributed by atoms with E-state index >= 15 is 0 Å². The fourth-order valence-electron chi connectivity index (χ4n) is 5.75. The van der Waals surface area contributed by atoms with E-state index in [1.807, 2.05) is 0 Å². The van der Waals surface area contributed by atoms with Gasteiger partial charge in [-0.1, -0.05) is 23.4 Å². The average Bonchev–Trinajstić information content (AvgIpc) is 2.90. The molecule has 2 aromatic rings. The van der Waals surface area contributed by atoms with Gasteiger partial charge >= 0.3 is 0 Å². The maximum absolute atomic E-state index is 14.0. The second kappa shape index (κ2) is 8.39. The molecule has 33 heavy (non-hydrogen) atoms. The van der Waals surface area contributed by atoms with E-state index in [0.717, 1.165) is 43.5 Å². The molecular formula is C24H33FN4O3S. The van der Waals surface area contributed by atoms with Crippen molar-refractivity contribution in [3.63, 3.8) is 0 Å². The maximum Gasteiger partial charge on any atom is 0.137 e. The van der Waals surface area contributed by atoms with Crippen molar-refractivity contribution >= 4 is 16.6 Å². The molecule has 5 rings (SSSR count). The molecule has 3 N–H and O–H groups in total. The summed E-state index contributed by atoms with van der Waals surface area (Å²) in [6, 6.07) is 8.33. The molecule has 7 nitrogen and oxygen atoms in total. The third-order valence-corrected chi connectivity index (χ3v) is 9.75. The molecule has 3 aliphatic rings. The quantitative estimate of drug-likeness (QED) is 0.576. The largest absolute Gasteiger partial charge is 0.506 e. The van der Waals surface area contributed by atoms with Crippen LogP contribution in [0.1, 0.15) is 56.2 Å². The number of aromatic hydroxyl groups is 1. The van der Waals surface area contributed by atoms with Crippen LogP contribution in [0.25, 0.3) is 0 Å². The monoisotopic (exact) mass is 476 g/mol. The van der Waals surface area contributed by atoms with Gasteiger partial charge in [-0.2, -0.15) is 4.31 Å². The highest BCUT2D eigenvalue weighted by Crippen LogP contribution is 2.61. The predicted molar refractivity (Wildman–Crippen MR) is 129 cm³/mol. The zero-order valence-electron chi connectivity index (χ0n) is 19.2. The molecule has 1 aromatic heterocycles. The second-order valence-electron chi connectivity index (χ2n) is 9.91.